The van der Waals surface area contributed by atoms with Crippen molar-refractivity contribution in [2.75, 3.05) is 6.54 Å². The van der Waals surface area contributed by atoms with E-state index in [1.54, 1.807) is 6.07 Å². The van der Waals surface area contributed by atoms with Crippen molar-refractivity contribution < 1.29 is 9.18 Å². The molecule has 0 saturated heterocycles. The fourth-order valence-corrected chi connectivity index (χ4v) is 2.59. The summed E-state index contributed by atoms with van der Waals surface area (Å²) in [5.41, 5.74) is 6.39. The molecule has 0 aromatic heterocycles. The number of amides is 1. The van der Waals surface area contributed by atoms with Gasteiger partial charge >= 0.3 is 0 Å². The summed E-state index contributed by atoms with van der Waals surface area (Å²) in [6.45, 7) is 4.69. The third kappa shape index (κ3) is 6.71. The van der Waals surface area contributed by atoms with E-state index in [0.29, 0.717) is 18.9 Å². The topological polar surface area (TPSA) is 55.1 Å². The Labute approximate surface area is 127 Å². The lowest BCUT2D eigenvalue weighted by atomic mass is 9.94. The molecule has 0 heterocycles. The van der Waals surface area contributed by atoms with Crippen LogP contribution in [0.15, 0.2) is 24.3 Å². The maximum absolute atomic E-state index is 13.2. The molecule has 1 aromatic rings. The number of rotatable bonds is 9. The highest BCUT2D eigenvalue weighted by Crippen LogP contribution is 2.18. The molecule has 3 nitrogen and oxygen atoms in total. The molecular weight excluding hydrogens is 267 g/mol. The summed E-state index contributed by atoms with van der Waals surface area (Å²) in [6.07, 6.45) is 4.58. The maximum Gasteiger partial charge on any atom is 0.220 e. The molecule has 1 amide bonds. The van der Waals surface area contributed by atoms with Crippen LogP contribution < -0.4 is 11.1 Å². The molecule has 3 N–H and O–H groups in total. The lowest BCUT2D eigenvalue weighted by Gasteiger charge is -2.17. The molecule has 4 heteroatoms. The smallest absolute Gasteiger partial charge is 0.220 e. The van der Waals surface area contributed by atoms with Crippen molar-refractivity contribution >= 4 is 5.91 Å². The van der Waals surface area contributed by atoms with E-state index in [4.69, 9.17) is 5.73 Å². The van der Waals surface area contributed by atoms with E-state index < -0.39 is 0 Å². The molecule has 118 valence electrons. The van der Waals surface area contributed by atoms with Crippen LogP contribution in [0, 0.1) is 11.7 Å². The zero-order valence-corrected chi connectivity index (χ0v) is 13.1. The third-order valence-electron chi connectivity index (χ3n) is 3.78. The van der Waals surface area contributed by atoms with Crippen LogP contribution in [0.4, 0.5) is 4.39 Å². The third-order valence-corrected chi connectivity index (χ3v) is 3.78. The summed E-state index contributed by atoms with van der Waals surface area (Å²) in [7, 11) is 0. The minimum atomic E-state index is -0.278. The highest BCUT2D eigenvalue weighted by Gasteiger charge is 2.13. The number of nitrogens with one attached hydrogen (secondary N) is 1. The molecule has 1 rings (SSSR count). The largest absolute Gasteiger partial charge is 0.350 e. The van der Waals surface area contributed by atoms with Gasteiger partial charge in [-0.05, 0) is 49.9 Å². The Balaban J connectivity index is 2.42. The van der Waals surface area contributed by atoms with Gasteiger partial charge in [-0.25, -0.2) is 4.39 Å². The quantitative estimate of drug-likeness (QED) is 0.732. The Morgan fingerprint density at radius 1 is 1.33 bits per heavy atom. The van der Waals surface area contributed by atoms with E-state index >= 15 is 0 Å². The molecule has 21 heavy (non-hydrogen) atoms. The van der Waals surface area contributed by atoms with Gasteiger partial charge < -0.3 is 11.1 Å². The van der Waals surface area contributed by atoms with Gasteiger partial charge in [0.05, 0.1) is 6.04 Å². The second kappa shape index (κ2) is 9.50. The summed E-state index contributed by atoms with van der Waals surface area (Å²) in [4.78, 5) is 12.0. The normalized spacial score (nSPS) is 13.7. The van der Waals surface area contributed by atoms with Gasteiger partial charge in [0, 0.05) is 6.42 Å². The first-order valence-electron chi connectivity index (χ1n) is 7.81. The Kier molecular flexibility index (Phi) is 7.98. The Morgan fingerprint density at radius 3 is 2.71 bits per heavy atom. The zero-order chi connectivity index (χ0) is 15.7. The van der Waals surface area contributed by atoms with Crippen molar-refractivity contribution in [1.29, 1.82) is 0 Å². The van der Waals surface area contributed by atoms with Gasteiger partial charge in [0.1, 0.15) is 5.82 Å². The van der Waals surface area contributed by atoms with Crippen LogP contribution in [0.5, 0.6) is 0 Å². The molecule has 1 unspecified atom stereocenters. The number of carbonyl (C=O) groups is 1. The van der Waals surface area contributed by atoms with Crippen LogP contribution in [0.2, 0.25) is 0 Å². The molecule has 0 fully saturated rings. The van der Waals surface area contributed by atoms with Crippen molar-refractivity contribution in [3.8, 4) is 0 Å². The standard InChI is InChI=1S/C17H27FN2O/c1-3-5-14(10-11-19)8-9-17(21)20-13(2)15-6-4-7-16(18)12-15/h4,6-7,12-14H,3,5,8-11,19H2,1-2H3,(H,20,21)/t13-,14?/m1/s1. The van der Waals surface area contributed by atoms with E-state index in [0.717, 1.165) is 31.2 Å². The lowest BCUT2D eigenvalue weighted by molar-refractivity contribution is -0.122. The van der Waals surface area contributed by atoms with Crippen molar-refractivity contribution in [3.05, 3.63) is 35.6 Å². The molecule has 0 bridgehead atoms. The van der Waals surface area contributed by atoms with Gasteiger partial charge in [-0.1, -0.05) is 31.9 Å². The molecule has 0 radical (unpaired) electrons. The number of benzene rings is 1. The predicted octanol–water partition coefficient (Wildman–Crippen LogP) is 3.55. The Hall–Kier alpha value is -1.42. The highest BCUT2D eigenvalue weighted by molar-refractivity contribution is 5.76. The van der Waals surface area contributed by atoms with Crippen LogP contribution in [0.1, 0.15) is 57.6 Å². The van der Waals surface area contributed by atoms with Crippen LogP contribution in [0.25, 0.3) is 0 Å². The number of hydrogen-bond acceptors (Lipinski definition) is 2. The zero-order valence-electron chi connectivity index (χ0n) is 13.1. The summed E-state index contributed by atoms with van der Waals surface area (Å²) in [6, 6.07) is 6.17. The van der Waals surface area contributed by atoms with Crippen molar-refractivity contribution in [1.82, 2.24) is 5.32 Å². The summed E-state index contributed by atoms with van der Waals surface area (Å²) in [5, 5.41) is 2.93. The van der Waals surface area contributed by atoms with Crippen molar-refractivity contribution in [2.24, 2.45) is 11.7 Å². The van der Waals surface area contributed by atoms with E-state index in [9.17, 15) is 9.18 Å². The van der Waals surface area contributed by atoms with Gasteiger partial charge in [-0.15, -0.1) is 0 Å². The summed E-state index contributed by atoms with van der Waals surface area (Å²) >= 11 is 0. The van der Waals surface area contributed by atoms with Crippen LogP contribution in [-0.4, -0.2) is 12.5 Å². The Bertz CT molecular complexity index is 431. The minimum absolute atomic E-state index is 0.0184. The fourth-order valence-electron chi connectivity index (χ4n) is 2.59. The first-order valence-corrected chi connectivity index (χ1v) is 7.81. The van der Waals surface area contributed by atoms with Gasteiger partial charge in [-0.3, -0.25) is 4.79 Å². The second-order valence-electron chi connectivity index (χ2n) is 5.61. The molecule has 0 aliphatic heterocycles. The van der Waals surface area contributed by atoms with E-state index in [1.165, 1.54) is 12.1 Å². The molecule has 1 aromatic carbocycles. The number of carbonyl (C=O) groups excluding carboxylic acids is 1. The summed E-state index contributed by atoms with van der Waals surface area (Å²) < 4.78 is 13.2. The molecule has 0 aliphatic rings. The maximum atomic E-state index is 13.2. The first-order chi connectivity index (χ1) is 10.1. The fraction of sp³-hybridized carbons (Fsp3) is 0.588. The molecule has 0 saturated carbocycles. The van der Waals surface area contributed by atoms with Crippen molar-refractivity contribution in [3.63, 3.8) is 0 Å². The van der Waals surface area contributed by atoms with Gasteiger partial charge in [-0.2, -0.15) is 0 Å². The van der Waals surface area contributed by atoms with Gasteiger partial charge in [0.25, 0.3) is 0 Å². The molecule has 0 spiro atoms. The van der Waals surface area contributed by atoms with Gasteiger partial charge in [0.2, 0.25) is 5.91 Å². The van der Waals surface area contributed by atoms with Gasteiger partial charge in [0.15, 0.2) is 0 Å². The number of halogens is 1. The summed E-state index contributed by atoms with van der Waals surface area (Å²) in [5.74, 6) is 0.264. The van der Waals surface area contributed by atoms with Crippen LogP contribution >= 0.6 is 0 Å². The Morgan fingerprint density at radius 2 is 2.10 bits per heavy atom. The van der Waals surface area contributed by atoms with E-state index in [1.807, 2.05) is 13.0 Å². The number of hydrogen-bond donors (Lipinski definition) is 2. The molecule has 0 aliphatic carbocycles. The molecular formula is C17H27FN2O. The van der Waals surface area contributed by atoms with E-state index in [2.05, 4.69) is 12.2 Å². The predicted molar refractivity (Wildman–Crippen MR) is 84.3 cm³/mol. The van der Waals surface area contributed by atoms with Crippen molar-refractivity contribution in [2.45, 2.75) is 52.0 Å². The number of nitrogens with two attached hydrogens (primary N) is 1. The average molecular weight is 294 g/mol. The van der Waals surface area contributed by atoms with Crippen LogP contribution in [-0.2, 0) is 4.79 Å². The minimum Gasteiger partial charge on any atom is -0.350 e. The lowest BCUT2D eigenvalue weighted by Crippen LogP contribution is -2.27. The monoisotopic (exact) mass is 294 g/mol. The first kappa shape index (κ1) is 17.6. The SMILES string of the molecule is CCCC(CCN)CCC(=O)N[C@H](C)c1cccc(F)c1. The average Bonchev–Trinajstić information content (AvgIpc) is 2.45. The molecule has 2 atom stereocenters. The van der Waals surface area contributed by atoms with E-state index in [-0.39, 0.29) is 17.8 Å². The van der Waals surface area contributed by atoms with Crippen LogP contribution in [0.3, 0.4) is 0 Å². The highest BCUT2D eigenvalue weighted by atomic mass is 19.1. The second-order valence-corrected chi connectivity index (χ2v) is 5.61.